The zero-order valence-corrected chi connectivity index (χ0v) is 20.9. The molecule has 2 aromatic carbocycles. The maximum absolute atomic E-state index is 13.1. The van der Waals surface area contributed by atoms with Gasteiger partial charge >= 0.3 is 6.09 Å². The standard InChI is InChI=1S/C27H30N2O9/c1-2-9-28-18(31)7-10-29-26(36)38-11-8-27(37)12-16-19(17(30)13-27)25(35)21-20(24(16)34)22(32)14-5-3-4-6-15(14)23(21)33/h3-6,17,30,34-35,37H,2,7-13H2,1H3,(H,28,31)(H,29,36)/t17-,27?/m0/s1. The van der Waals surface area contributed by atoms with Gasteiger partial charge in [0.15, 0.2) is 11.6 Å². The molecule has 4 rings (SSSR count). The number of amides is 2. The lowest BCUT2D eigenvalue weighted by Crippen LogP contribution is -2.40. The number of benzene rings is 2. The highest BCUT2D eigenvalue weighted by Crippen LogP contribution is 2.50. The van der Waals surface area contributed by atoms with Gasteiger partial charge in [-0.15, -0.1) is 0 Å². The van der Waals surface area contributed by atoms with Gasteiger partial charge in [-0.3, -0.25) is 14.4 Å². The van der Waals surface area contributed by atoms with E-state index in [4.69, 9.17) is 4.74 Å². The predicted octanol–water partition coefficient (Wildman–Crippen LogP) is 1.62. The van der Waals surface area contributed by atoms with E-state index in [1.54, 1.807) is 12.1 Å². The summed E-state index contributed by atoms with van der Waals surface area (Å²) in [6, 6.07) is 6.04. The number of aliphatic hydroxyl groups excluding tert-OH is 1. The van der Waals surface area contributed by atoms with Crippen LogP contribution in [0, 0.1) is 0 Å². The van der Waals surface area contributed by atoms with Crippen LogP contribution in [0.1, 0.15) is 81.7 Å². The number of rotatable bonds is 8. The van der Waals surface area contributed by atoms with Gasteiger partial charge in [0.25, 0.3) is 0 Å². The Hall–Kier alpha value is -3.96. The largest absolute Gasteiger partial charge is 0.507 e. The zero-order valence-electron chi connectivity index (χ0n) is 20.9. The first kappa shape index (κ1) is 27.1. The van der Waals surface area contributed by atoms with Crippen molar-refractivity contribution < 1.29 is 44.3 Å². The Morgan fingerprint density at radius 3 is 2.29 bits per heavy atom. The lowest BCUT2D eigenvalue weighted by molar-refractivity contribution is -0.120. The van der Waals surface area contributed by atoms with Gasteiger partial charge in [-0.1, -0.05) is 31.2 Å². The molecule has 2 amide bonds. The summed E-state index contributed by atoms with van der Waals surface area (Å²) >= 11 is 0. The smallest absolute Gasteiger partial charge is 0.407 e. The molecule has 0 fully saturated rings. The number of nitrogens with one attached hydrogen (secondary N) is 2. The maximum Gasteiger partial charge on any atom is 0.407 e. The second kappa shape index (κ2) is 10.8. The summed E-state index contributed by atoms with van der Waals surface area (Å²) < 4.78 is 5.08. The van der Waals surface area contributed by atoms with E-state index in [-0.39, 0.29) is 78.1 Å². The summed E-state index contributed by atoms with van der Waals surface area (Å²) in [6.45, 7) is 2.30. The molecule has 0 bridgehead atoms. The molecular weight excluding hydrogens is 496 g/mol. The first-order chi connectivity index (χ1) is 18.1. The van der Waals surface area contributed by atoms with Crippen molar-refractivity contribution in [2.75, 3.05) is 19.7 Å². The molecule has 0 saturated carbocycles. The number of hydrogen-bond donors (Lipinski definition) is 6. The van der Waals surface area contributed by atoms with E-state index in [1.165, 1.54) is 12.1 Å². The van der Waals surface area contributed by atoms with Crippen LogP contribution < -0.4 is 10.6 Å². The number of aliphatic hydroxyl groups is 2. The van der Waals surface area contributed by atoms with Crippen LogP contribution in [0.2, 0.25) is 0 Å². The molecule has 2 aromatic rings. The van der Waals surface area contributed by atoms with Gasteiger partial charge in [-0.2, -0.15) is 0 Å². The first-order valence-corrected chi connectivity index (χ1v) is 12.4. The summed E-state index contributed by atoms with van der Waals surface area (Å²) in [6.07, 6.45) is -2.03. The third kappa shape index (κ3) is 5.07. The molecule has 0 aromatic heterocycles. The second-order valence-electron chi connectivity index (χ2n) is 9.58. The molecule has 6 N–H and O–H groups in total. The van der Waals surface area contributed by atoms with Crippen molar-refractivity contribution in [2.24, 2.45) is 0 Å². The average molecular weight is 527 g/mol. The number of aromatic hydroxyl groups is 2. The number of hydrogen-bond acceptors (Lipinski definition) is 9. The summed E-state index contributed by atoms with van der Waals surface area (Å²) in [7, 11) is 0. The van der Waals surface area contributed by atoms with E-state index in [9.17, 15) is 39.6 Å². The highest BCUT2D eigenvalue weighted by molar-refractivity contribution is 6.30. The molecule has 1 unspecified atom stereocenters. The van der Waals surface area contributed by atoms with Crippen LogP contribution in [0.3, 0.4) is 0 Å². The van der Waals surface area contributed by atoms with Crippen LogP contribution in [0.25, 0.3) is 0 Å². The minimum Gasteiger partial charge on any atom is -0.507 e. The minimum atomic E-state index is -1.65. The Labute approximate surface area is 218 Å². The quantitative estimate of drug-likeness (QED) is 0.238. The number of fused-ring (bicyclic) bond motifs is 3. The van der Waals surface area contributed by atoms with E-state index in [1.807, 2.05) is 6.92 Å². The van der Waals surface area contributed by atoms with Gasteiger partial charge < -0.3 is 35.8 Å². The fourth-order valence-electron chi connectivity index (χ4n) is 4.99. The van der Waals surface area contributed by atoms with Gasteiger partial charge in [0.05, 0.1) is 29.4 Å². The third-order valence-electron chi connectivity index (χ3n) is 6.87. The van der Waals surface area contributed by atoms with Crippen LogP contribution in [0.15, 0.2) is 24.3 Å². The SMILES string of the molecule is CCCNC(=O)CCNC(=O)OCCC1(O)Cc2c(O)c3c(c(O)c2[C@@H](O)C1)C(=O)c1ccccc1C3=O. The van der Waals surface area contributed by atoms with Crippen LogP contribution in [0.5, 0.6) is 11.5 Å². The average Bonchev–Trinajstić information content (AvgIpc) is 2.87. The number of alkyl carbamates (subject to hydrolysis) is 1. The number of carbonyl (C=O) groups excluding carboxylic acids is 4. The molecule has 2 aliphatic carbocycles. The zero-order chi connectivity index (χ0) is 27.6. The van der Waals surface area contributed by atoms with Crippen molar-refractivity contribution in [1.82, 2.24) is 10.6 Å². The Bertz CT molecular complexity index is 1310. The Morgan fingerprint density at radius 1 is 1.03 bits per heavy atom. The fourth-order valence-corrected chi connectivity index (χ4v) is 4.99. The van der Waals surface area contributed by atoms with Crippen molar-refractivity contribution in [3.05, 3.63) is 57.6 Å². The van der Waals surface area contributed by atoms with Crippen molar-refractivity contribution in [3.8, 4) is 11.5 Å². The van der Waals surface area contributed by atoms with Gasteiger partial charge in [0.1, 0.15) is 11.5 Å². The monoisotopic (exact) mass is 526 g/mol. The molecule has 2 atom stereocenters. The number of carbonyl (C=O) groups is 4. The third-order valence-corrected chi connectivity index (χ3v) is 6.87. The van der Waals surface area contributed by atoms with E-state index < -0.39 is 40.9 Å². The molecule has 11 heteroatoms. The number of phenols is 2. The highest BCUT2D eigenvalue weighted by atomic mass is 16.5. The summed E-state index contributed by atoms with van der Waals surface area (Å²) in [5, 5.41) is 49.1. The predicted molar refractivity (Wildman–Crippen MR) is 133 cm³/mol. The lowest BCUT2D eigenvalue weighted by Gasteiger charge is -2.38. The molecule has 0 radical (unpaired) electrons. The fraction of sp³-hybridized carbons (Fsp3) is 0.407. The normalized spacial score (nSPS) is 19.7. The lowest BCUT2D eigenvalue weighted by atomic mass is 9.72. The Morgan fingerprint density at radius 2 is 1.66 bits per heavy atom. The van der Waals surface area contributed by atoms with E-state index in [0.29, 0.717) is 6.54 Å². The van der Waals surface area contributed by atoms with E-state index in [2.05, 4.69) is 10.6 Å². The molecular formula is C27H30N2O9. The summed E-state index contributed by atoms with van der Waals surface area (Å²) in [4.78, 5) is 49.7. The first-order valence-electron chi connectivity index (χ1n) is 12.4. The molecule has 0 spiro atoms. The van der Waals surface area contributed by atoms with Gasteiger partial charge in [0.2, 0.25) is 5.91 Å². The van der Waals surface area contributed by atoms with Crippen LogP contribution in [-0.2, 0) is 16.0 Å². The highest BCUT2D eigenvalue weighted by Gasteiger charge is 2.45. The number of ether oxygens (including phenoxy) is 1. The molecule has 11 nitrogen and oxygen atoms in total. The Kier molecular flexibility index (Phi) is 7.70. The van der Waals surface area contributed by atoms with Crippen LogP contribution >= 0.6 is 0 Å². The number of phenolic OH excluding ortho intramolecular Hbond substituents is 2. The van der Waals surface area contributed by atoms with Gasteiger partial charge in [0, 0.05) is 61.0 Å². The topological polar surface area (TPSA) is 182 Å². The molecule has 0 aliphatic heterocycles. The minimum absolute atomic E-state index is 0.0504. The van der Waals surface area contributed by atoms with Crippen LogP contribution in [-0.4, -0.2) is 69.3 Å². The summed E-state index contributed by atoms with van der Waals surface area (Å²) in [5.74, 6) is -2.70. The van der Waals surface area contributed by atoms with E-state index >= 15 is 0 Å². The summed E-state index contributed by atoms with van der Waals surface area (Å²) in [5.41, 5.74) is -2.41. The second-order valence-corrected chi connectivity index (χ2v) is 9.58. The van der Waals surface area contributed by atoms with Crippen molar-refractivity contribution in [3.63, 3.8) is 0 Å². The molecule has 0 heterocycles. The van der Waals surface area contributed by atoms with E-state index in [0.717, 1.165) is 6.42 Å². The number of ketones is 2. The van der Waals surface area contributed by atoms with Crippen molar-refractivity contribution >= 4 is 23.6 Å². The molecule has 38 heavy (non-hydrogen) atoms. The van der Waals surface area contributed by atoms with Crippen LogP contribution in [0.4, 0.5) is 4.79 Å². The molecule has 2 aliphatic rings. The molecule has 0 saturated heterocycles. The van der Waals surface area contributed by atoms with Gasteiger partial charge in [-0.25, -0.2) is 4.79 Å². The van der Waals surface area contributed by atoms with Crippen molar-refractivity contribution in [2.45, 2.75) is 50.7 Å². The molecule has 202 valence electrons. The maximum atomic E-state index is 13.1. The van der Waals surface area contributed by atoms with Crippen molar-refractivity contribution in [1.29, 1.82) is 0 Å². The Balaban J connectivity index is 1.47. The van der Waals surface area contributed by atoms with Gasteiger partial charge in [-0.05, 0) is 6.42 Å².